The molecule has 5 nitrogen and oxygen atoms in total. The molecule has 0 spiro atoms. The van der Waals surface area contributed by atoms with Gasteiger partial charge in [-0.3, -0.25) is 4.31 Å². The van der Waals surface area contributed by atoms with Crippen LogP contribution in [0.2, 0.25) is 5.02 Å². The van der Waals surface area contributed by atoms with Gasteiger partial charge in [-0.25, -0.2) is 0 Å². The van der Waals surface area contributed by atoms with Crippen LogP contribution in [0.15, 0.2) is 48.5 Å². The van der Waals surface area contributed by atoms with Crippen molar-refractivity contribution >= 4 is 27.5 Å². The summed E-state index contributed by atoms with van der Waals surface area (Å²) >= 11 is 6.27. The van der Waals surface area contributed by atoms with Crippen LogP contribution in [0.5, 0.6) is 5.75 Å². The van der Waals surface area contributed by atoms with Crippen molar-refractivity contribution in [2.24, 2.45) is 0 Å². The van der Waals surface area contributed by atoms with Gasteiger partial charge in [0.1, 0.15) is 5.75 Å². The number of rotatable bonds is 4. The minimum atomic E-state index is -3.55. The van der Waals surface area contributed by atoms with Gasteiger partial charge < -0.3 is 4.74 Å². The van der Waals surface area contributed by atoms with Crippen LogP contribution in [0.25, 0.3) is 0 Å². The molecule has 0 aromatic heterocycles. The van der Waals surface area contributed by atoms with E-state index in [1.54, 1.807) is 24.3 Å². The molecule has 0 aliphatic carbocycles. The molecule has 0 atom stereocenters. The maximum Gasteiger partial charge on any atom is 0.304 e. The van der Waals surface area contributed by atoms with Crippen molar-refractivity contribution in [3.05, 3.63) is 59.1 Å². The Labute approximate surface area is 141 Å². The Morgan fingerprint density at radius 3 is 2.52 bits per heavy atom. The van der Waals surface area contributed by atoms with E-state index >= 15 is 0 Å². The molecule has 1 aliphatic heterocycles. The SMILES string of the molecule is COc1cccc(CN2CCN(c3ccccc3)S2(=O)=O)c1Cl. The molecule has 23 heavy (non-hydrogen) atoms. The summed E-state index contributed by atoms with van der Waals surface area (Å²) < 4.78 is 33.5. The number of nitrogens with zero attached hydrogens (tertiary/aromatic N) is 2. The molecule has 7 heteroatoms. The molecular formula is C16H17ClN2O3S. The van der Waals surface area contributed by atoms with Crippen molar-refractivity contribution in [2.75, 3.05) is 24.5 Å². The van der Waals surface area contributed by atoms with Gasteiger partial charge in [0.2, 0.25) is 0 Å². The zero-order valence-corrected chi connectivity index (χ0v) is 14.2. The molecule has 1 saturated heterocycles. The fraction of sp³-hybridized carbons (Fsp3) is 0.250. The molecule has 0 unspecified atom stereocenters. The van der Waals surface area contributed by atoms with Gasteiger partial charge in [-0.05, 0) is 23.8 Å². The molecule has 0 bridgehead atoms. The van der Waals surface area contributed by atoms with Gasteiger partial charge in [0.25, 0.3) is 0 Å². The number of hydrogen-bond donors (Lipinski definition) is 0. The standard InChI is InChI=1S/C16H17ClN2O3S/c1-22-15-9-5-6-13(16(15)17)12-18-10-11-19(23(18,20)21)14-7-3-2-4-8-14/h2-9H,10-12H2,1H3. The lowest BCUT2D eigenvalue weighted by atomic mass is 10.2. The van der Waals surface area contributed by atoms with Crippen molar-refractivity contribution in [2.45, 2.75) is 6.54 Å². The number of benzene rings is 2. The third kappa shape index (κ3) is 3.02. The average molecular weight is 353 g/mol. The lowest BCUT2D eigenvalue weighted by Gasteiger charge is -2.20. The Morgan fingerprint density at radius 1 is 1.09 bits per heavy atom. The molecule has 1 heterocycles. The third-order valence-corrected chi connectivity index (χ3v) is 6.15. The fourth-order valence-corrected chi connectivity index (χ4v) is 4.47. The van der Waals surface area contributed by atoms with Crippen molar-refractivity contribution < 1.29 is 13.2 Å². The molecule has 0 amide bonds. The van der Waals surface area contributed by atoms with Crippen molar-refractivity contribution in [3.8, 4) is 5.75 Å². The normalized spacial score (nSPS) is 17.4. The molecular weight excluding hydrogens is 336 g/mol. The maximum absolute atomic E-state index is 12.7. The van der Waals surface area contributed by atoms with Crippen LogP contribution < -0.4 is 9.04 Å². The van der Waals surface area contributed by atoms with Crippen molar-refractivity contribution in [3.63, 3.8) is 0 Å². The van der Waals surface area contributed by atoms with Crippen molar-refractivity contribution in [1.82, 2.24) is 4.31 Å². The first-order valence-corrected chi connectivity index (χ1v) is 8.96. The number of hydrogen-bond acceptors (Lipinski definition) is 3. The molecule has 2 aromatic carbocycles. The van der Waals surface area contributed by atoms with Crippen LogP contribution in [-0.2, 0) is 16.8 Å². The van der Waals surface area contributed by atoms with E-state index in [0.717, 1.165) is 5.56 Å². The summed E-state index contributed by atoms with van der Waals surface area (Å²) in [6, 6.07) is 14.5. The number of ether oxygens (including phenoxy) is 1. The van der Waals surface area contributed by atoms with Gasteiger partial charge in [0.15, 0.2) is 0 Å². The first kappa shape index (κ1) is 16.1. The zero-order valence-electron chi connectivity index (χ0n) is 12.6. The molecule has 0 saturated carbocycles. The smallest absolute Gasteiger partial charge is 0.304 e. The van der Waals surface area contributed by atoms with E-state index in [2.05, 4.69) is 0 Å². The summed E-state index contributed by atoms with van der Waals surface area (Å²) in [4.78, 5) is 0. The van der Waals surface area contributed by atoms with Crippen LogP contribution in [0.1, 0.15) is 5.56 Å². The topological polar surface area (TPSA) is 49.9 Å². The number of para-hydroxylation sites is 1. The van der Waals surface area contributed by atoms with E-state index in [1.807, 2.05) is 24.3 Å². The summed E-state index contributed by atoms with van der Waals surface area (Å²) in [5.74, 6) is 0.542. The van der Waals surface area contributed by atoms with E-state index in [-0.39, 0.29) is 6.54 Å². The highest BCUT2D eigenvalue weighted by molar-refractivity contribution is 7.90. The first-order valence-electron chi connectivity index (χ1n) is 7.18. The summed E-state index contributed by atoms with van der Waals surface area (Å²) in [6.07, 6.45) is 0. The van der Waals surface area contributed by atoms with Crippen LogP contribution >= 0.6 is 11.6 Å². The van der Waals surface area contributed by atoms with E-state index in [0.29, 0.717) is 29.5 Å². The van der Waals surface area contributed by atoms with Crippen LogP contribution in [-0.4, -0.2) is 32.9 Å². The van der Waals surface area contributed by atoms with Gasteiger partial charge in [-0.2, -0.15) is 12.7 Å². The Kier molecular flexibility index (Phi) is 4.48. The first-order chi connectivity index (χ1) is 11.0. The quantitative estimate of drug-likeness (QED) is 0.850. The molecule has 0 N–H and O–H groups in total. The Hall–Kier alpha value is -1.76. The van der Waals surface area contributed by atoms with Crippen molar-refractivity contribution in [1.29, 1.82) is 0 Å². The molecule has 3 rings (SSSR count). The molecule has 0 radical (unpaired) electrons. The molecule has 1 aliphatic rings. The number of anilines is 1. The lowest BCUT2D eigenvalue weighted by molar-refractivity contribution is 0.411. The highest BCUT2D eigenvalue weighted by Crippen LogP contribution is 2.31. The largest absolute Gasteiger partial charge is 0.495 e. The predicted molar refractivity (Wildman–Crippen MR) is 91.1 cm³/mol. The maximum atomic E-state index is 12.7. The number of methoxy groups -OCH3 is 1. The zero-order chi connectivity index (χ0) is 16.4. The second-order valence-corrected chi connectivity index (χ2v) is 7.41. The highest BCUT2D eigenvalue weighted by atomic mass is 35.5. The van der Waals surface area contributed by atoms with Gasteiger partial charge in [-0.1, -0.05) is 41.9 Å². The Balaban J connectivity index is 1.86. The summed E-state index contributed by atoms with van der Waals surface area (Å²) in [7, 11) is -2.01. The lowest BCUT2D eigenvalue weighted by Crippen LogP contribution is -2.32. The van der Waals surface area contributed by atoms with Crippen LogP contribution in [0.4, 0.5) is 5.69 Å². The van der Waals surface area contributed by atoms with Gasteiger partial charge >= 0.3 is 10.2 Å². The molecule has 122 valence electrons. The van der Waals surface area contributed by atoms with Crippen LogP contribution in [0.3, 0.4) is 0 Å². The molecule has 1 fully saturated rings. The van der Waals surface area contributed by atoms with Gasteiger partial charge in [0, 0.05) is 19.6 Å². The fourth-order valence-electron chi connectivity index (χ4n) is 2.62. The van der Waals surface area contributed by atoms with E-state index in [4.69, 9.17) is 16.3 Å². The predicted octanol–water partition coefficient (Wildman–Crippen LogP) is 2.92. The summed E-state index contributed by atoms with van der Waals surface area (Å²) in [6.45, 7) is 1.07. The second-order valence-electron chi connectivity index (χ2n) is 5.18. The Morgan fingerprint density at radius 2 is 1.83 bits per heavy atom. The minimum absolute atomic E-state index is 0.224. The summed E-state index contributed by atoms with van der Waals surface area (Å²) in [5, 5.41) is 0.448. The monoisotopic (exact) mass is 352 g/mol. The average Bonchev–Trinajstić information content (AvgIpc) is 2.85. The van der Waals surface area contributed by atoms with E-state index in [1.165, 1.54) is 15.7 Å². The van der Waals surface area contributed by atoms with Gasteiger partial charge in [0.05, 0.1) is 17.8 Å². The Bertz CT molecular complexity index is 796. The van der Waals surface area contributed by atoms with E-state index < -0.39 is 10.2 Å². The number of halogens is 1. The van der Waals surface area contributed by atoms with Crippen LogP contribution in [0, 0.1) is 0 Å². The molecule has 2 aromatic rings. The minimum Gasteiger partial charge on any atom is -0.495 e. The van der Waals surface area contributed by atoms with E-state index in [9.17, 15) is 8.42 Å². The highest BCUT2D eigenvalue weighted by Gasteiger charge is 2.36. The third-order valence-electron chi connectivity index (χ3n) is 3.81. The van der Waals surface area contributed by atoms with Gasteiger partial charge in [-0.15, -0.1) is 0 Å². The second kappa shape index (κ2) is 6.39. The summed E-state index contributed by atoms with van der Waals surface area (Å²) in [5.41, 5.74) is 1.40.